The first-order chi connectivity index (χ1) is 7.11. The lowest BCUT2D eigenvalue weighted by Crippen LogP contribution is -2.11. The fourth-order valence-corrected chi connectivity index (χ4v) is 2.00. The molecule has 1 aromatic rings. The predicted molar refractivity (Wildman–Crippen MR) is 65.0 cm³/mol. The van der Waals surface area contributed by atoms with Gasteiger partial charge in [0.15, 0.2) is 0 Å². The molecule has 1 unspecified atom stereocenters. The van der Waals surface area contributed by atoms with E-state index in [-0.39, 0.29) is 12.0 Å². The molecule has 0 amide bonds. The minimum Gasteiger partial charge on any atom is -0.388 e. The number of benzene rings is 1. The maximum atomic E-state index is 10.2. The van der Waals surface area contributed by atoms with E-state index in [0.29, 0.717) is 0 Å². The van der Waals surface area contributed by atoms with E-state index in [0.717, 1.165) is 18.4 Å². The van der Waals surface area contributed by atoms with Gasteiger partial charge in [-0.15, -0.1) is 0 Å². The Hall–Kier alpha value is -0.820. The van der Waals surface area contributed by atoms with Crippen molar-refractivity contribution in [1.82, 2.24) is 0 Å². The van der Waals surface area contributed by atoms with Crippen molar-refractivity contribution in [3.8, 4) is 0 Å². The first-order valence-corrected chi connectivity index (χ1v) is 5.90. The zero-order valence-corrected chi connectivity index (χ0v) is 10.2. The molecule has 84 valence electrons. The van der Waals surface area contributed by atoms with Crippen LogP contribution in [0.15, 0.2) is 18.2 Å². The lowest BCUT2D eigenvalue weighted by atomic mass is 9.89. The van der Waals surface area contributed by atoms with Crippen LogP contribution in [0.1, 0.15) is 50.5 Å². The summed E-state index contributed by atoms with van der Waals surface area (Å²) in [5.41, 5.74) is 3.74. The number of aliphatic hydroxyl groups excluding tert-OH is 1. The van der Waals surface area contributed by atoms with Crippen molar-refractivity contribution >= 4 is 0 Å². The van der Waals surface area contributed by atoms with E-state index < -0.39 is 0 Å². The van der Waals surface area contributed by atoms with Gasteiger partial charge in [0.2, 0.25) is 0 Å². The Morgan fingerprint density at radius 3 is 1.87 bits per heavy atom. The number of rotatable bonds is 4. The van der Waals surface area contributed by atoms with Gasteiger partial charge in [-0.05, 0) is 35.4 Å². The van der Waals surface area contributed by atoms with Gasteiger partial charge in [0.25, 0.3) is 0 Å². The molecular weight excluding hydrogens is 184 g/mol. The summed E-state index contributed by atoms with van der Waals surface area (Å²) in [4.78, 5) is 0. The van der Waals surface area contributed by atoms with Gasteiger partial charge in [-0.2, -0.15) is 0 Å². The molecule has 1 rings (SSSR count). The van der Waals surface area contributed by atoms with Crippen molar-refractivity contribution in [2.24, 2.45) is 5.92 Å². The molecule has 0 radical (unpaired) electrons. The summed E-state index contributed by atoms with van der Waals surface area (Å²) in [5, 5.41) is 10.2. The molecule has 0 aliphatic heterocycles. The number of hydrogen-bond donors (Lipinski definition) is 1. The summed E-state index contributed by atoms with van der Waals surface area (Å²) in [6, 6.07) is 6.34. The molecule has 0 fully saturated rings. The van der Waals surface area contributed by atoms with Crippen LogP contribution < -0.4 is 0 Å². The predicted octanol–water partition coefficient (Wildman–Crippen LogP) is 3.50. The van der Waals surface area contributed by atoms with Gasteiger partial charge < -0.3 is 5.11 Å². The SMILES string of the molecule is CCc1cccc(CC)c1C(O)C(C)C. The van der Waals surface area contributed by atoms with Crippen LogP contribution in [0.5, 0.6) is 0 Å². The first-order valence-electron chi connectivity index (χ1n) is 5.90. The second kappa shape index (κ2) is 5.32. The van der Waals surface area contributed by atoms with Gasteiger partial charge >= 0.3 is 0 Å². The van der Waals surface area contributed by atoms with Crippen LogP contribution in [-0.2, 0) is 12.8 Å². The fourth-order valence-electron chi connectivity index (χ4n) is 2.00. The lowest BCUT2D eigenvalue weighted by molar-refractivity contribution is 0.125. The monoisotopic (exact) mass is 206 g/mol. The highest BCUT2D eigenvalue weighted by molar-refractivity contribution is 5.37. The molecule has 1 heteroatoms. The highest BCUT2D eigenvalue weighted by Crippen LogP contribution is 2.28. The van der Waals surface area contributed by atoms with Gasteiger partial charge in [0.1, 0.15) is 0 Å². The Balaban J connectivity index is 3.21. The number of aryl methyl sites for hydroxylation is 2. The minimum absolute atomic E-state index is 0.281. The molecule has 1 N–H and O–H groups in total. The molecule has 0 saturated carbocycles. The molecule has 1 nitrogen and oxygen atoms in total. The summed E-state index contributed by atoms with van der Waals surface area (Å²) >= 11 is 0. The average Bonchev–Trinajstić information content (AvgIpc) is 2.26. The lowest BCUT2D eigenvalue weighted by Gasteiger charge is -2.21. The van der Waals surface area contributed by atoms with E-state index in [1.165, 1.54) is 11.1 Å². The quantitative estimate of drug-likeness (QED) is 0.799. The zero-order chi connectivity index (χ0) is 11.4. The molecule has 1 aromatic carbocycles. The standard InChI is InChI=1S/C14H22O/c1-5-11-8-7-9-12(6-2)13(11)14(15)10(3)4/h7-10,14-15H,5-6H2,1-4H3. The van der Waals surface area contributed by atoms with Crippen LogP contribution in [0.4, 0.5) is 0 Å². The topological polar surface area (TPSA) is 20.2 Å². The minimum atomic E-state index is -0.323. The normalized spacial score (nSPS) is 13.2. The van der Waals surface area contributed by atoms with Gasteiger partial charge in [0, 0.05) is 0 Å². The third-order valence-electron chi connectivity index (χ3n) is 2.98. The average molecular weight is 206 g/mol. The van der Waals surface area contributed by atoms with Crippen molar-refractivity contribution in [2.45, 2.75) is 46.6 Å². The van der Waals surface area contributed by atoms with E-state index in [1.807, 2.05) is 0 Å². The van der Waals surface area contributed by atoms with Gasteiger partial charge in [0.05, 0.1) is 6.10 Å². The van der Waals surface area contributed by atoms with Crippen molar-refractivity contribution in [1.29, 1.82) is 0 Å². The first kappa shape index (κ1) is 12.3. The molecule has 1 atom stereocenters. The summed E-state index contributed by atoms with van der Waals surface area (Å²) in [6.45, 7) is 8.42. The molecule has 0 aliphatic carbocycles. The molecule has 0 aliphatic rings. The van der Waals surface area contributed by atoms with Crippen molar-refractivity contribution in [3.63, 3.8) is 0 Å². The Morgan fingerprint density at radius 2 is 1.53 bits per heavy atom. The Bertz CT molecular complexity index is 293. The number of aliphatic hydroxyl groups is 1. The summed E-state index contributed by atoms with van der Waals surface area (Å²) in [7, 11) is 0. The Kier molecular flexibility index (Phi) is 4.34. The van der Waals surface area contributed by atoms with Crippen molar-refractivity contribution in [2.75, 3.05) is 0 Å². The van der Waals surface area contributed by atoms with Crippen LogP contribution in [0.25, 0.3) is 0 Å². The van der Waals surface area contributed by atoms with Crippen LogP contribution >= 0.6 is 0 Å². The van der Waals surface area contributed by atoms with E-state index in [9.17, 15) is 5.11 Å². The second-order valence-electron chi connectivity index (χ2n) is 4.39. The zero-order valence-electron chi connectivity index (χ0n) is 10.2. The van der Waals surface area contributed by atoms with E-state index >= 15 is 0 Å². The molecule has 15 heavy (non-hydrogen) atoms. The van der Waals surface area contributed by atoms with E-state index in [4.69, 9.17) is 0 Å². The van der Waals surface area contributed by atoms with E-state index in [2.05, 4.69) is 45.9 Å². The molecule has 0 bridgehead atoms. The summed E-state index contributed by atoms with van der Waals surface area (Å²) in [6.07, 6.45) is 1.66. The maximum Gasteiger partial charge on any atom is 0.0818 e. The highest BCUT2D eigenvalue weighted by Gasteiger charge is 2.17. The number of hydrogen-bond acceptors (Lipinski definition) is 1. The highest BCUT2D eigenvalue weighted by atomic mass is 16.3. The third kappa shape index (κ3) is 2.60. The van der Waals surface area contributed by atoms with Gasteiger partial charge in [-0.1, -0.05) is 45.9 Å². The van der Waals surface area contributed by atoms with Crippen molar-refractivity contribution < 1.29 is 5.11 Å². The Labute approximate surface area is 93.1 Å². The van der Waals surface area contributed by atoms with E-state index in [1.54, 1.807) is 0 Å². The third-order valence-corrected chi connectivity index (χ3v) is 2.98. The summed E-state index contributed by atoms with van der Waals surface area (Å²) in [5.74, 6) is 0.281. The maximum absolute atomic E-state index is 10.2. The molecule has 0 saturated heterocycles. The fraction of sp³-hybridized carbons (Fsp3) is 0.571. The summed E-state index contributed by atoms with van der Waals surface area (Å²) < 4.78 is 0. The van der Waals surface area contributed by atoms with Crippen LogP contribution in [0, 0.1) is 5.92 Å². The van der Waals surface area contributed by atoms with Crippen LogP contribution in [0.2, 0.25) is 0 Å². The molecule has 0 aromatic heterocycles. The molecule has 0 heterocycles. The molecule has 0 spiro atoms. The smallest absolute Gasteiger partial charge is 0.0818 e. The Morgan fingerprint density at radius 1 is 1.07 bits per heavy atom. The second-order valence-corrected chi connectivity index (χ2v) is 4.39. The van der Waals surface area contributed by atoms with Crippen LogP contribution in [-0.4, -0.2) is 5.11 Å². The van der Waals surface area contributed by atoms with Gasteiger partial charge in [-0.3, -0.25) is 0 Å². The molecular formula is C14H22O. The van der Waals surface area contributed by atoms with Crippen molar-refractivity contribution in [3.05, 3.63) is 34.9 Å². The largest absolute Gasteiger partial charge is 0.388 e. The van der Waals surface area contributed by atoms with Gasteiger partial charge in [-0.25, -0.2) is 0 Å². The van der Waals surface area contributed by atoms with Crippen LogP contribution in [0.3, 0.4) is 0 Å².